The van der Waals surface area contributed by atoms with E-state index in [0.29, 0.717) is 65.4 Å². The second-order valence-corrected chi connectivity index (χ2v) is 23.9. The van der Waals surface area contributed by atoms with Gasteiger partial charge in [-0.25, -0.2) is 59.4 Å². The molecule has 108 heavy (non-hydrogen) atoms. The predicted molar refractivity (Wildman–Crippen MR) is 399 cm³/mol. The molecule has 0 aliphatic heterocycles. The molecule has 22 nitrogen and oxygen atoms in total. The Kier molecular flexibility index (Phi) is 23.3. The summed E-state index contributed by atoms with van der Waals surface area (Å²) in [6, 6.07) is 74.0. The number of carboxylic acid groups (broad SMARTS) is 6. The van der Waals surface area contributed by atoms with Crippen molar-refractivity contribution >= 4 is 236 Å². The summed E-state index contributed by atoms with van der Waals surface area (Å²) in [5, 5.41) is 72.8. The summed E-state index contributed by atoms with van der Waals surface area (Å²) >= 11 is 0. The Balaban J connectivity index is 0.000000128. The maximum absolute atomic E-state index is 11.6. The molecule has 0 atom stereocenters. The molecule has 0 spiro atoms. The zero-order chi connectivity index (χ0) is 73.5. The van der Waals surface area contributed by atoms with Gasteiger partial charge in [-0.1, -0.05) is 109 Å². The van der Waals surface area contributed by atoms with Crippen molar-refractivity contribution in [2.24, 2.45) is 0 Å². The zero-order valence-corrected chi connectivity index (χ0v) is 63.6. The zero-order valence-electron chi connectivity index (χ0n) is 56.6. The van der Waals surface area contributed by atoms with Crippen LogP contribution in [0.2, 0.25) is 0 Å². The van der Waals surface area contributed by atoms with Crippen LogP contribution in [0.25, 0.3) is 143 Å². The molecule has 10 heterocycles. The van der Waals surface area contributed by atoms with E-state index in [1.807, 2.05) is 49.1 Å². The number of aromatic nitrogens is 10. The van der Waals surface area contributed by atoms with Gasteiger partial charge in [-0.05, 0) is 121 Å². The van der Waals surface area contributed by atoms with Crippen LogP contribution in [0.1, 0.15) is 62.1 Å². The van der Waals surface area contributed by atoms with Gasteiger partial charge in [0, 0.05) is 78.8 Å². The number of nitrogens with zero attached hydrogens (tertiary/aromatic N) is 6. The van der Waals surface area contributed by atoms with Crippen LogP contribution in [0.3, 0.4) is 0 Å². The molecule has 18 rings (SSSR count). The Morgan fingerprint density at radius 3 is 0.602 bits per heavy atom. The smallest absolute Gasteiger partial charge is 0.545 e. The van der Waals surface area contributed by atoms with E-state index in [0.717, 1.165) is 22.1 Å². The molecule has 8 aromatic carbocycles. The predicted octanol–water partition coefficient (Wildman–Crippen LogP) is 8.68. The number of benzene rings is 8. The number of carbonyl (C=O) groups excluding carboxylic acids is 4. The first-order chi connectivity index (χ1) is 51.5. The summed E-state index contributed by atoms with van der Waals surface area (Å²) in [4.78, 5) is 109. The fourth-order valence-electron chi connectivity index (χ4n) is 12.4. The topological polar surface area (TPSA) is 369 Å². The van der Waals surface area contributed by atoms with Crippen molar-refractivity contribution in [2.75, 3.05) is 0 Å². The number of pyridine rings is 10. The molecule has 18 aromatic rings. The van der Waals surface area contributed by atoms with Crippen LogP contribution in [0, 0.1) is 0 Å². The van der Waals surface area contributed by atoms with Crippen molar-refractivity contribution in [3.63, 3.8) is 0 Å². The second-order valence-electron chi connectivity index (χ2n) is 23.9. The van der Waals surface area contributed by atoms with Crippen molar-refractivity contribution < 1.29 is 79.3 Å². The molecule has 24 heteroatoms. The van der Waals surface area contributed by atoms with Crippen LogP contribution in [0.4, 0.5) is 0 Å². The molecule has 0 amide bonds. The monoisotopic (exact) mass is 1570 g/mol. The molecule has 0 bridgehead atoms. The average molecular weight is 1570 g/mol. The Morgan fingerprint density at radius 2 is 0.417 bits per heavy atom. The fourth-order valence-corrected chi connectivity index (χ4v) is 12.4. The van der Waals surface area contributed by atoms with Crippen molar-refractivity contribution in [1.29, 1.82) is 0 Å². The maximum Gasteiger partial charge on any atom is 2.00 e. The molecular formula is C84H52N10O12Sr2+4. The van der Waals surface area contributed by atoms with Gasteiger partial charge in [0.25, 0.3) is 22.1 Å². The van der Waals surface area contributed by atoms with Crippen molar-refractivity contribution in [3.8, 4) is 34.2 Å². The third kappa shape index (κ3) is 16.1. The van der Waals surface area contributed by atoms with Crippen LogP contribution in [-0.2, 0) is 0 Å². The van der Waals surface area contributed by atoms with Gasteiger partial charge in [-0.2, -0.15) is 0 Å². The summed E-state index contributed by atoms with van der Waals surface area (Å²) in [5.41, 5.74) is 9.14. The van der Waals surface area contributed by atoms with Crippen LogP contribution in [0.15, 0.2) is 280 Å². The van der Waals surface area contributed by atoms with E-state index in [9.17, 15) is 59.4 Å². The third-order valence-electron chi connectivity index (χ3n) is 17.4. The van der Waals surface area contributed by atoms with Crippen molar-refractivity contribution in [1.82, 2.24) is 29.9 Å². The summed E-state index contributed by atoms with van der Waals surface area (Å²) in [5.74, 6) is -7.53. The van der Waals surface area contributed by atoms with E-state index in [1.54, 1.807) is 146 Å². The Labute approximate surface area is 685 Å². The Morgan fingerprint density at radius 1 is 0.241 bits per heavy atom. The van der Waals surface area contributed by atoms with Crippen LogP contribution in [-0.4, -0.2) is 167 Å². The number of hydrogen-bond donors (Lipinski definition) is 2. The quantitative estimate of drug-likeness (QED) is 0.101. The van der Waals surface area contributed by atoms with E-state index in [-0.39, 0.29) is 159 Å². The van der Waals surface area contributed by atoms with Crippen molar-refractivity contribution in [3.05, 3.63) is 313 Å². The van der Waals surface area contributed by atoms with Gasteiger partial charge in [0.05, 0.1) is 124 Å². The van der Waals surface area contributed by atoms with Crippen LogP contribution < -0.4 is 40.4 Å². The average Bonchev–Trinajstić information content (AvgIpc) is 0.760. The number of aromatic carboxylic acids is 6. The molecule has 0 radical (unpaired) electrons. The summed E-state index contributed by atoms with van der Waals surface area (Å²) in [6.07, 6.45) is 7.79. The van der Waals surface area contributed by atoms with E-state index < -0.39 is 35.8 Å². The first-order valence-electron chi connectivity index (χ1n) is 32.6. The van der Waals surface area contributed by atoms with E-state index in [2.05, 4.69) is 98.4 Å². The van der Waals surface area contributed by atoms with Crippen LogP contribution >= 0.6 is 0 Å². The Hall–Kier alpha value is -12.4. The second kappa shape index (κ2) is 33.4. The van der Waals surface area contributed by atoms with Gasteiger partial charge in [-0.15, -0.1) is 0 Å². The summed E-state index contributed by atoms with van der Waals surface area (Å²) in [6.45, 7) is 0. The molecule has 510 valence electrons. The van der Waals surface area contributed by atoms with Gasteiger partial charge in [0.1, 0.15) is 0 Å². The number of rotatable bonds is 9. The molecule has 0 fully saturated rings. The SMILES string of the molecule is O=C([O-])c1cc(-c2cc(C(=O)O)c3ccccc3n2)nc2ccccc12.O=C([O-])c1cc(-c2cc(C(=O)O)c3ccccc3n2)nc2ccccc12.O=C([O-])c1cc(-c2cc(C(=O)[O-])c3ccccc3n2)nc2ccccc12.[Sr+2].[Sr+2].c1c[nH+]c2c(c1)ccc1ccc[nH+]c12.c1c[nH+]c2c(c1)ccc1ccc[nH+]c12. The maximum atomic E-state index is 11.6. The largest absolute Gasteiger partial charge is 2.00 e. The fraction of sp³-hybridized carbons (Fsp3) is 0. The molecule has 10 aromatic heterocycles. The number of carboxylic acids is 6. The molecular weight excluding hydrogens is 1520 g/mol. The van der Waals surface area contributed by atoms with E-state index in [1.165, 1.54) is 57.9 Å². The number of hydrogen-bond acceptors (Lipinski definition) is 16. The van der Waals surface area contributed by atoms with E-state index >= 15 is 0 Å². The summed E-state index contributed by atoms with van der Waals surface area (Å²) in [7, 11) is 0. The van der Waals surface area contributed by atoms with Crippen molar-refractivity contribution in [2.45, 2.75) is 0 Å². The van der Waals surface area contributed by atoms with Gasteiger partial charge in [-0.3, -0.25) is 0 Å². The molecule has 0 saturated heterocycles. The molecule has 0 unspecified atom stereocenters. The molecule has 0 aliphatic rings. The molecule has 0 saturated carbocycles. The minimum Gasteiger partial charge on any atom is -0.545 e. The number of fused-ring (bicyclic) bond motifs is 12. The number of carbonyl (C=O) groups is 6. The minimum atomic E-state index is -1.34. The van der Waals surface area contributed by atoms with Gasteiger partial charge in [0.15, 0.2) is 24.8 Å². The first-order valence-corrected chi connectivity index (χ1v) is 32.6. The normalized spacial score (nSPS) is 10.7. The van der Waals surface area contributed by atoms with Gasteiger partial charge in [0.2, 0.25) is 0 Å². The molecule has 0 aliphatic carbocycles. The van der Waals surface area contributed by atoms with Gasteiger partial charge >= 0.3 is 103 Å². The number of nitrogens with one attached hydrogen (secondary N) is 4. The minimum absolute atomic E-state index is 0. The van der Waals surface area contributed by atoms with E-state index in [4.69, 9.17) is 0 Å². The van der Waals surface area contributed by atoms with Gasteiger partial charge < -0.3 is 49.8 Å². The van der Waals surface area contributed by atoms with Crippen LogP contribution in [0.5, 0.6) is 0 Å². The summed E-state index contributed by atoms with van der Waals surface area (Å²) < 4.78 is 0. The standard InChI is InChI=1S/3C20H12N2O4.2C12H8N2.2Sr/c3*23-19(24)13-9-17(21-15-7-3-1-5-11(13)15)18-10-14(20(25)26)12-6-2-4-8-16(12)22-18;2*1-3-9-5-6-10-4-2-8-14-12(10)11(9)13-7-1;;/h3*1-10H,(H,23,24)(H,25,26);2*1-8H;;/q;;;;;2*+2. The Bertz CT molecular complexity index is 5670. The third-order valence-corrected chi connectivity index (χ3v) is 17.4. The number of aromatic amines is 4. The molecule has 6 N–H and O–H groups in total. The first kappa shape index (κ1) is 75.3. The number of para-hydroxylation sites is 6. The number of H-pyrrole nitrogens is 4.